The van der Waals surface area contributed by atoms with E-state index < -0.39 is 0 Å². The van der Waals surface area contributed by atoms with Crippen LogP contribution in [0, 0.1) is 22.7 Å². The van der Waals surface area contributed by atoms with E-state index in [0.29, 0.717) is 32.8 Å². The lowest BCUT2D eigenvalue weighted by Crippen LogP contribution is -2.12. The first kappa shape index (κ1) is 20.9. The smallest absolute Gasteiger partial charge is 0.195 e. The number of benzene rings is 4. The van der Waals surface area contributed by atoms with Crippen molar-refractivity contribution in [3.63, 3.8) is 0 Å². The second kappa shape index (κ2) is 8.78. The number of nitrogen functional groups attached to an aromatic ring is 1. The third kappa shape index (κ3) is 3.61. The van der Waals surface area contributed by atoms with Crippen LogP contribution in [0.4, 0.5) is 5.69 Å². The summed E-state index contributed by atoms with van der Waals surface area (Å²) in [5, 5.41) is 20.7. The van der Waals surface area contributed by atoms with Gasteiger partial charge in [-0.1, -0.05) is 72.3 Å². The fourth-order valence-corrected chi connectivity index (χ4v) is 3.89. The second-order valence-electron chi connectivity index (χ2n) is 7.08. The van der Waals surface area contributed by atoms with Gasteiger partial charge in [0.2, 0.25) is 0 Å². The van der Waals surface area contributed by atoms with Crippen molar-refractivity contribution in [3.05, 3.63) is 112 Å². The molecule has 4 nitrogen and oxygen atoms in total. The summed E-state index contributed by atoms with van der Waals surface area (Å²) in [6, 6.07) is 29.0. The zero-order valence-electron chi connectivity index (χ0n) is 16.8. The first-order valence-corrected chi connectivity index (χ1v) is 10.1. The van der Waals surface area contributed by atoms with Crippen LogP contribution in [0.15, 0.2) is 84.9 Å². The molecule has 5 heteroatoms. The van der Waals surface area contributed by atoms with E-state index in [-0.39, 0.29) is 28.2 Å². The number of halogens is 1. The van der Waals surface area contributed by atoms with E-state index in [1.54, 1.807) is 24.3 Å². The van der Waals surface area contributed by atoms with Crippen LogP contribution in [0.2, 0.25) is 5.02 Å². The molecule has 0 unspecified atom stereocenters. The zero-order valence-corrected chi connectivity index (χ0v) is 17.6. The summed E-state index contributed by atoms with van der Waals surface area (Å²) in [6.45, 7) is 0. The van der Waals surface area contributed by atoms with Crippen molar-refractivity contribution < 1.29 is 4.79 Å². The maximum atomic E-state index is 13.6. The van der Waals surface area contributed by atoms with Gasteiger partial charge in [-0.2, -0.15) is 10.5 Å². The van der Waals surface area contributed by atoms with Crippen LogP contribution in [-0.4, -0.2) is 5.78 Å². The fourth-order valence-electron chi connectivity index (χ4n) is 3.77. The summed E-state index contributed by atoms with van der Waals surface area (Å²) >= 11 is 5.98. The van der Waals surface area contributed by atoms with Crippen molar-refractivity contribution >= 4 is 23.1 Å². The third-order valence-electron chi connectivity index (χ3n) is 5.22. The monoisotopic (exact) mass is 433 g/mol. The molecule has 0 fully saturated rings. The number of nitrogens with zero attached hydrogens (tertiary/aromatic N) is 2. The highest BCUT2D eigenvalue weighted by atomic mass is 35.5. The lowest BCUT2D eigenvalue weighted by Gasteiger charge is -2.19. The molecule has 4 aromatic rings. The molecule has 0 spiro atoms. The van der Waals surface area contributed by atoms with Crippen LogP contribution in [0.5, 0.6) is 0 Å². The molecule has 0 saturated carbocycles. The third-order valence-corrected chi connectivity index (χ3v) is 5.47. The molecular weight excluding hydrogens is 418 g/mol. The summed E-state index contributed by atoms with van der Waals surface area (Å²) in [6.07, 6.45) is 0. The summed E-state index contributed by atoms with van der Waals surface area (Å²) < 4.78 is 0. The van der Waals surface area contributed by atoms with Gasteiger partial charge in [-0.3, -0.25) is 4.79 Å². The van der Waals surface area contributed by atoms with Gasteiger partial charge in [-0.15, -0.1) is 0 Å². The summed E-state index contributed by atoms with van der Waals surface area (Å²) in [5.41, 5.74) is 9.51. The minimum Gasteiger partial charge on any atom is -0.397 e. The van der Waals surface area contributed by atoms with Crippen LogP contribution in [0.1, 0.15) is 27.0 Å². The Kier molecular flexibility index (Phi) is 5.73. The molecule has 0 radical (unpaired) electrons. The number of ketones is 1. The molecule has 0 aliphatic heterocycles. The second-order valence-corrected chi connectivity index (χ2v) is 7.52. The Labute approximate surface area is 190 Å². The maximum absolute atomic E-state index is 13.6. The molecule has 0 aliphatic rings. The molecule has 0 bridgehead atoms. The number of anilines is 1. The van der Waals surface area contributed by atoms with Gasteiger partial charge in [0.05, 0.1) is 22.4 Å². The van der Waals surface area contributed by atoms with Crippen molar-refractivity contribution in [2.45, 2.75) is 0 Å². The summed E-state index contributed by atoms with van der Waals surface area (Å²) in [4.78, 5) is 13.6. The molecule has 0 heterocycles. The van der Waals surface area contributed by atoms with Crippen molar-refractivity contribution in [1.82, 2.24) is 0 Å². The van der Waals surface area contributed by atoms with Crippen molar-refractivity contribution in [2.75, 3.05) is 5.73 Å². The van der Waals surface area contributed by atoms with Crippen LogP contribution >= 0.6 is 11.6 Å². The van der Waals surface area contributed by atoms with Gasteiger partial charge in [0.1, 0.15) is 12.1 Å². The number of carbonyl (C=O) groups is 1. The van der Waals surface area contributed by atoms with E-state index in [0.717, 1.165) is 0 Å². The molecule has 0 aromatic heterocycles. The SMILES string of the molecule is N#Cc1c(N)c(C(=O)c2ccc(Cl)cc2)c(-c2ccccc2)c(C#N)c1-c1ccccc1. The Balaban J connectivity index is 2.15. The van der Waals surface area contributed by atoms with Crippen molar-refractivity contribution in [1.29, 1.82) is 10.5 Å². The van der Waals surface area contributed by atoms with E-state index in [9.17, 15) is 15.3 Å². The van der Waals surface area contributed by atoms with E-state index in [2.05, 4.69) is 12.1 Å². The van der Waals surface area contributed by atoms with E-state index in [1.807, 2.05) is 60.7 Å². The molecule has 152 valence electrons. The van der Waals surface area contributed by atoms with Crippen LogP contribution < -0.4 is 5.73 Å². The highest BCUT2D eigenvalue weighted by Crippen LogP contribution is 2.42. The molecule has 32 heavy (non-hydrogen) atoms. The molecule has 0 amide bonds. The van der Waals surface area contributed by atoms with Crippen molar-refractivity contribution in [3.8, 4) is 34.4 Å². The first-order valence-electron chi connectivity index (χ1n) is 9.77. The van der Waals surface area contributed by atoms with Crippen LogP contribution in [0.3, 0.4) is 0 Å². The lowest BCUT2D eigenvalue weighted by molar-refractivity contribution is 0.104. The zero-order chi connectivity index (χ0) is 22.7. The maximum Gasteiger partial charge on any atom is 0.195 e. The number of nitriles is 2. The minimum absolute atomic E-state index is 0.0455. The van der Waals surface area contributed by atoms with Gasteiger partial charge in [0, 0.05) is 21.7 Å². The normalized spacial score (nSPS) is 10.2. The van der Waals surface area contributed by atoms with Crippen LogP contribution in [0.25, 0.3) is 22.3 Å². The highest BCUT2D eigenvalue weighted by Gasteiger charge is 2.28. The van der Waals surface area contributed by atoms with Gasteiger partial charge in [-0.05, 0) is 35.4 Å². The molecule has 2 N–H and O–H groups in total. The van der Waals surface area contributed by atoms with Gasteiger partial charge >= 0.3 is 0 Å². The number of nitrogens with two attached hydrogens (primary N) is 1. The van der Waals surface area contributed by atoms with Gasteiger partial charge < -0.3 is 5.73 Å². The van der Waals surface area contributed by atoms with E-state index >= 15 is 0 Å². The fraction of sp³-hybridized carbons (Fsp3) is 0. The van der Waals surface area contributed by atoms with Gasteiger partial charge in [0.25, 0.3) is 0 Å². The Morgan fingerprint density at radius 3 is 1.72 bits per heavy atom. The molecule has 0 saturated heterocycles. The largest absolute Gasteiger partial charge is 0.397 e. The Bertz CT molecular complexity index is 1400. The molecule has 4 aromatic carbocycles. The van der Waals surface area contributed by atoms with Crippen molar-refractivity contribution in [2.24, 2.45) is 0 Å². The summed E-state index contributed by atoms with van der Waals surface area (Å²) in [5.74, 6) is -0.384. The quantitative estimate of drug-likeness (QED) is 0.305. The Morgan fingerprint density at radius 1 is 0.719 bits per heavy atom. The van der Waals surface area contributed by atoms with E-state index in [4.69, 9.17) is 17.3 Å². The van der Waals surface area contributed by atoms with Gasteiger partial charge in [-0.25, -0.2) is 0 Å². The minimum atomic E-state index is -0.384. The molecular formula is C27H16ClN3O. The first-order chi connectivity index (χ1) is 15.6. The standard InChI is InChI=1S/C27H16ClN3O/c28-20-13-11-19(12-14-20)27(32)25-24(18-9-5-2-6-10-18)21(15-29)23(22(16-30)26(25)31)17-7-3-1-4-8-17/h1-14H,31H2. The topological polar surface area (TPSA) is 90.7 Å². The number of hydrogen-bond donors (Lipinski definition) is 1. The van der Waals surface area contributed by atoms with Crippen LogP contribution in [-0.2, 0) is 0 Å². The number of hydrogen-bond acceptors (Lipinski definition) is 4. The summed E-state index contributed by atoms with van der Waals surface area (Å²) in [7, 11) is 0. The Hall–Kier alpha value is -4.38. The predicted molar refractivity (Wildman–Crippen MR) is 126 cm³/mol. The lowest BCUT2D eigenvalue weighted by atomic mass is 9.82. The number of carbonyl (C=O) groups excluding carboxylic acids is 1. The Morgan fingerprint density at radius 2 is 1.22 bits per heavy atom. The van der Waals surface area contributed by atoms with Gasteiger partial charge in [0.15, 0.2) is 5.78 Å². The van der Waals surface area contributed by atoms with E-state index in [1.165, 1.54) is 0 Å². The average molecular weight is 434 g/mol. The highest BCUT2D eigenvalue weighted by molar-refractivity contribution is 6.30. The number of rotatable bonds is 4. The predicted octanol–water partition coefficient (Wildman–Crippen LogP) is 6.23. The molecule has 0 aliphatic carbocycles. The molecule has 4 rings (SSSR count). The average Bonchev–Trinajstić information content (AvgIpc) is 2.84. The molecule has 0 atom stereocenters.